The second kappa shape index (κ2) is 4.25. The van der Waals surface area contributed by atoms with Gasteiger partial charge in [0.2, 0.25) is 0 Å². The zero-order valence-corrected chi connectivity index (χ0v) is 10.9. The number of fused-ring (bicyclic) bond motifs is 5. The van der Waals surface area contributed by atoms with E-state index >= 15 is 0 Å². The van der Waals surface area contributed by atoms with Crippen LogP contribution in [0.5, 0.6) is 11.5 Å². The van der Waals surface area contributed by atoms with Gasteiger partial charge in [0.15, 0.2) is 5.75 Å². The molecule has 0 aliphatic carbocycles. The molecule has 2 aromatic carbocycles. The Kier molecular flexibility index (Phi) is 2.41. The van der Waals surface area contributed by atoms with Crippen molar-refractivity contribution in [3.63, 3.8) is 0 Å². The molecule has 1 unspecified atom stereocenters. The summed E-state index contributed by atoms with van der Waals surface area (Å²) < 4.78 is 6.07. The van der Waals surface area contributed by atoms with Gasteiger partial charge in [-0.15, -0.1) is 0 Å². The Morgan fingerprint density at radius 3 is 2.60 bits per heavy atom. The van der Waals surface area contributed by atoms with Crippen LogP contribution >= 0.6 is 0 Å². The minimum absolute atomic E-state index is 0.0698. The maximum atomic E-state index is 6.07. The van der Waals surface area contributed by atoms with Crippen molar-refractivity contribution in [2.24, 2.45) is 5.73 Å². The van der Waals surface area contributed by atoms with E-state index in [1.807, 2.05) is 48.7 Å². The van der Waals surface area contributed by atoms with Crippen molar-refractivity contribution in [3.05, 3.63) is 72.4 Å². The zero-order chi connectivity index (χ0) is 13.5. The molecule has 20 heavy (non-hydrogen) atoms. The number of rotatable bonds is 0. The van der Waals surface area contributed by atoms with Gasteiger partial charge in [-0.25, -0.2) is 0 Å². The van der Waals surface area contributed by atoms with Crippen LogP contribution in [0.3, 0.4) is 0 Å². The maximum absolute atomic E-state index is 6.07. The Bertz CT molecular complexity index is 733. The quantitative estimate of drug-likeness (QED) is 0.789. The number of hydrogen-bond donors (Lipinski definition) is 1. The lowest BCUT2D eigenvalue weighted by Gasteiger charge is -2.26. The second-order valence-electron chi connectivity index (χ2n) is 4.91. The first-order valence-electron chi connectivity index (χ1n) is 6.64. The van der Waals surface area contributed by atoms with Crippen molar-refractivity contribution in [2.45, 2.75) is 6.04 Å². The Morgan fingerprint density at radius 2 is 1.70 bits per heavy atom. The van der Waals surface area contributed by atoms with E-state index in [1.165, 1.54) is 0 Å². The first-order valence-corrected chi connectivity index (χ1v) is 6.64. The third-order valence-corrected chi connectivity index (χ3v) is 3.57. The van der Waals surface area contributed by atoms with Crippen LogP contribution in [-0.2, 0) is 0 Å². The largest absolute Gasteiger partial charge is 0.454 e. The van der Waals surface area contributed by atoms with Crippen LogP contribution < -0.4 is 15.4 Å². The molecule has 0 saturated carbocycles. The molecule has 2 aliphatic heterocycles. The van der Waals surface area contributed by atoms with Crippen LogP contribution in [0.2, 0.25) is 0 Å². The minimum atomic E-state index is -0.0698. The lowest BCUT2D eigenvalue weighted by atomic mass is 10.0. The summed E-state index contributed by atoms with van der Waals surface area (Å²) in [5, 5.41) is 0. The molecular formula is C17H14N2O. The van der Waals surface area contributed by atoms with Crippen LogP contribution in [0.15, 0.2) is 66.9 Å². The van der Waals surface area contributed by atoms with Crippen molar-refractivity contribution in [1.82, 2.24) is 0 Å². The van der Waals surface area contributed by atoms with E-state index < -0.39 is 0 Å². The topological polar surface area (TPSA) is 38.5 Å². The predicted molar refractivity (Wildman–Crippen MR) is 80.5 cm³/mol. The van der Waals surface area contributed by atoms with Crippen LogP contribution in [0.4, 0.5) is 5.69 Å². The van der Waals surface area contributed by atoms with E-state index in [0.29, 0.717) is 0 Å². The summed E-state index contributed by atoms with van der Waals surface area (Å²) in [7, 11) is 0. The highest BCUT2D eigenvalue weighted by atomic mass is 16.5. The molecule has 2 heterocycles. The molecule has 1 atom stereocenters. The fourth-order valence-electron chi connectivity index (χ4n) is 2.64. The molecule has 0 aromatic heterocycles. The highest BCUT2D eigenvalue weighted by Gasteiger charge is 2.25. The molecule has 0 bridgehead atoms. The van der Waals surface area contributed by atoms with E-state index in [0.717, 1.165) is 28.4 Å². The smallest absolute Gasteiger partial charge is 0.151 e. The summed E-state index contributed by atoms with van der Waals surface area (Å²) in [5.74, 6) is 1.71. The number of ether oxygens (including phenoxy) is 1. The van der Waals surface area contributed by atoms with Crippen molar-refractivity contribution in [1.29, 1.82) is 0 Å². The highest BCUT2D eigenvalue weighted by molar-refractivity contribution is 5.89. The van der Waals surface area contributed by atoms with E-state index in [9.17, 15) is 0 Å². The molecule has 0 spiro atoms. The maximum Gasteiger partial charge on any atom is 0.151 e. The monoisotopic (exact) mass is 262 g/mol. The van der Waals surface area contributed by atoms with Gasteiger partial charge in [-0.3, -0.25) is 0 Å². The molecule has 4 rings (SSSR count). The average Bonchev–Trinajstić information content (AvgIpc) is 2.61. The Hall–Kier alpha value is -2.52. The van der Waals surface area contributed by atoms with E-state index in [1.54, 1.807) is 0 Å². The molecule has 2 aliphatic rings. The molecule has 2 aromatic rings. The summed E-state index contributed by atoms with van der Waals surface area (Å²) >= 11 is 0. The molecular weight excluding hydrogens is 248 g/mol. The number of hydrogen-bond acceptors (Lipinski definition) is 3. The number of para-hydroxylation sites is 3. The van der Waals surface area contributed by atoms with Gasteiger partial charge in [0.05, 0.1) is 11.4 Å². The average molecular weight is 262 g/mol. The highest BCUT2D eigenvalue weighted by Crippen LogP contribution is 2.44. The normalized spacial score (nSPS) is 19.1. The van der Waals surface area contributed by atoms with Gasteiger partial charge in [-0.1, -0.05) is 24.3 Å². The molecule has 0 radical (unpaired) electrons. The third kappa shape index (κ3) is 1.64. The second-order valence-corrected chi connectivity index (χ2v) is 4.91. The standard InChI is InChI=1S/C17H14N2O/c18-12-9-10-19-14-6-2-4-8-17(14)20-16-7-3-1-5-13(16)15(19)11-12/h1-12H,18H2. The molecule has 98 valence electrons. The Labute approximate surface area is 117 Å². The summed E-state index contributed by atoms with van der Waals surface area (Å²) in [6, 6.07) is 16.0. The first-order chi connectivity index (χ1) is 9.83. The summed E-state index contributed by atoms with van der Waals surface area (Å²) in [6.07, 6.45) is 6.06. The summed E-state index contributed by atoms with van der Waals surface area (Å²) in [5.41, 5.74) is 9.19. The van der Waals surface area contributed by atoms with Gasteiger partial charge in [0.25, 0.3) is 0 Å². The van der Waals surface area contributed by atoms with Gasteiger partial charge >= 0.3 is 0 Å². The SMILES string of the molecule is NC1C=CN2C(=C1)c1ccccc1Oc1ccccc12. The predicted octanol–water partition coefficient (Wildman–Crippen LogP) is 3.49. The minimum Gasteiger partial charge on any atom is -0.454 e. The summed E-state index contributed by atoms with van der Waals surface area (Å²) in [4.78, 5) is 2.13. The fraction of sp³-hybridized carbons (Fsp3) is 0.0588. The molecule has 3 nitrogen and oxygen atoms in total. The van der Waals surface area contributed by atoms with Crippen molar-refractivity contribution < 1.29 is 4.74 Å². The van der Waals surface area contributed by atoms with Crippen LogP contribution in [0, 0.1) is 0 Å². The van der Waals surface area contributed by atoms with Crippen LogP contribution in [-0.4, -0.2) is 6.04 Å². The first kappa shape index (κ1) is 11.3. The van der Waals surface area contributed by atoms with Gasteiger partial charge in [0, 0.05) is 17.8 Å². The Morgan fingerprint density at radius 1 is 0.950 bits per heavy atom. The third-order valence-electron chi connectivity index (χ3n) is 3.57. The van der Waals surface area contributed by atoms with Gasteiger partial charge in [-0.2, -0.15) is 0 Å². The van der Waals surface area contributed by atoms with Crippen LogP contribution in [0.1, 0.15) is 5.56 Å². The molecule has 0 fully saturated rings. The van der Waals surface area contributed by atoms with Crippen molar-refractivity contribution in [2.75, 3.05) is 4.90 Å². The van der Waals surface area contributed by atoms with Gasteiger partial charge < -0.3 is 15.4 Å². The fourth-order valence-corrected chi connectivity index (χ4v) is 2.64. The van der Waals surface area contributed by atoms with Crippen molar-refractivity contribution in [3.8, 4) is 11.5 Å². The van der Waals surface area contributed by atoms with E-state index in [4.69, 9.17) is 10.5 Å². The number of nitrogens with two attached hydrogens (primary N) is 1. The van der Waals surface area contributed by atoms with E-state index in [2.05, 4.69) is 23.1 Å². The number of anilines is 1. The number of benzene rings is 2. The van der Waals surface area contributed by atoms with Gasteiger partial charge in [0.1, 0.15) is 5.75 Å². The lowest BCUT2D eigenvalue weighted by Crippen LogP contribution is -2.25. The lowest BCUT2D eigenvalue weighted by molar-refractivity contribution is 0.485. The van der Waals surface area contributed by atoms with E-state index in [-0.39, 0.29) is 6.04 Å². The van der Waals surface area contributed by atoms with Crippen molar-refractivity contribution >= 4 is 11.4 Å². The molecule has 3 heteroatoms. The van der Waals surface area contributed by atoms with Gasteiger partial charge in [-0.05, 0) is 36.4 Å². The molecule has 0 amide bonds. The van der Waals surface area contributed by atoms with Crippen LogP contribution in [0.25, 0.3) is 5.70 Å². The Balaban J connectivity index is 2.00. The summed E-state index contributed by atoms with van der Waals surface area (Å²) in [6.45, 7) is 0. The number of nitrogens with zero attached hydrogens (tertiary/aromatic N) is 1. The molecule has 0 saturated heterocycles. The molecule has 2 N–H and O–H groups in total. The zero-order valence-electron chi connectivity index (χ0n) is 10.9.